The molecule has 0 aromatic heterocycles. The van der Waals surface area contributed by atoms with E-state index in [4.69, 9.17) is 28.4 Å². The molecule has 0 spiro atoms. The predicted octanol–water partition coefficient (Wildman–Crippen LogP) is 0.935. The molecule has 12 nitrogen and oxygen atoms in total. The van der Waals surface area contributed by atoms with Gasteiger partial charge in [0.05, 0.1) is 12.7 Å². The Morgan fingerprint density at radius 2 is 1.41 bits per heavy atom. The minimum atomic E-state index is -1.41. The van der Waals surface area contributed by atoms with E-state index in [-0.39, 0.29) is 17.9 Å². The molecule has 186 valence electrons. The summed E-state index contributed by atoms with van der Waals surface area (Å²) in [5.74, 6) is -3.40. The average molecular weight is 482 g/mol. The Morgan fingerprint density at radius 3 is 1.97 bits per heavy atom. The number of benzene rings is 1. The highest BCUT2D eigenvalue weighted by molar-refractivity contribution is 5.89. The lowest BCUT2D eigenvalue weighted by molar-refractivity contribution is -0.288. The lowest BCUT2D eigenvalue weighted by Gasteiger charge is -2.43. The first-order valence-electron chi connectivity index (χ1n) is 10.2. The van der Waals surface area contributed by atoms with Crippen LogP contribution >= 0.6 is 0 Å². The van der Waals surface area contributed by atoms with E-state index in [1.807, 2.05) is 0 Å². The van der Waals surface area contributed by atoms with Gasteiger partial charge >= 0.3 is 29.8 Å². The standard InChI is InChI=1S/C22H26O12/c1-11(23)29-10-17-18(30-12(2)24)19(31-13(3)25)20(32-14(4)26)22(34-17)33-16-8-6-7-15(9-16)21(27)28-5/h6-9,17-20,22H,10H2,1-5H3/t17-,18+,19+,20-,22-/m1/s1. The van der Waals surface area contributed by atoms with Gasteiger partial charge in [0.15, 0.2) is 12.2 Å². The van der Waals surface area contributed by atoms with Crippen molar-refractivity contribution < 1.29 is 57.1 Å². The second kappa shape index (κ2) is 12.0. The van der Waals surface area contributed by atoms with Gasteiger partial charge in [0.25, 0.3) is 0 Å². The van der Waals surface area contributed by atoms with Crippen molar-refractivity contribution in [2.45, 2.75) is 58.4 Å². The van der Waals surface area contributed by atoms with E-state index in [0.29, 0.717) is 0 Å². The molecule has 0 aliphatic carbocycles. The third kappa shape index (κ3) is 7.44. The van der Waals surface area contributed by atoms with E-state index in [2.05, 4.69) is 4.74 Å². The summed E-state index contributed by atoms with van der Waals surface area (Å²) in [6.45, 7) is 4.13. The fourth-order valence-corrected chi connectivity index (χ4v) is 3.23. The Balaban J connectivity index is 2.47. The van der Waals surface area contributed by atoms with Crippen LogP contribution in [-0.2, 0) is 47.6 Å². The number of carbonyl (C=O) groups excluding carboxylic acids is 5. The first kappa shape index (κ1) is 26.6. The van der Waals surface area contributed by atoms with Crippen LogP contribution in [0.2, 0.25) is 0 Å². The Kier molecular flexibility index (Phi) is 9.36. The number of ether oxygens (including phenoxy) is 7. The molecule has 0 N–H and O–H groups in total. The van der Waals surface area contributed by atoms with Gasteiger partial charge in [0, 0.05) is 27.7 Å². The van der Waals surface area contributed by atoms with Crippen LogP contribution in [0.15, 0.2) is 24.3 Å². The van der Waals surface area contributed by atoms with Crippen molar-refractivity contribution in [3.8, 4) is 5.75 Å². The van der Waals surface area contributed by atoms with Crippen LogP contribution in [0, 0.1) is 0 Å². The van der Waals surface area contributed by atoms with Crippen molar-refractivity contribution in [1.29, 1.82) is 0 Å². The third-order valence-electron chi connectivity index (χ3n) is 4.46. The van der Waals surface area contributed by atoms with Crippen LogP contribution in [0.3, 0.4) is 0 Å². The molecule has 0 radical (unpaired) electrons. The summed E-state index contributed by atoms with van der Waals surface area (Å²) in [7, 11) is 1.22. The van der Waals surface area contributed by atoms with Gasteiger partial charge in [-0.25, -0.2) is 4.79 Å². The van der Waals surface area contributed by atoms with E-state index >= 15 is 0 Å². The van der Waals surface area contributed by atoms with Crippen molar-refractivity contribution in [1.82, 2.24) is 0 Å². The smallest absolute Gasteiger partial charge is 0.337 e. The number of hydrogen-bond donors (Lipinski definition) is 0. The van der Waals surface area contributed by atoms with Gasteiger partial charge in [-0.15, -0.1) is 0 Å². The van der Waals surface area contributed by atoms with Gasteiger partial charge in [-0.3, -0.25) is 19.2 Å². The first-order chi connectivity index (χ1) is 16.0. The fraction of sp³-hybridized carbons (Fsp3) is 0.500. The zero-order chi connectivity index (χ0) is 25.4. The topological polar surface area (TPSA) is 150 Å². The van der Waals surface area contributed by atoms with Crippen LogP contribution in [0.25, 0.3) is 0 Å². The molecule has 1 aromatic carbocycles. The molecule has 1 fully saturated rings. The monoisotopic (exact) mass is 482 g/mol. The van der Waals surface area contributed by atoms with Gasteiger partial charge < -0.3 is 33.2 Å². The third-order valence-corrected chi connectivity index (χ3v) is 4.46. The van der Waals surface area contributed by atoms with Crippen LogP contribution < -0.4 is 4.74 Å². The molecule has 1 saturated heterocycles. The molecule has 12 heteroatoms. The maximum absolute atomic E-state index is 11.9. The summed E-state index contributed by atoms with van der Waals surface area (Å²) < 4.78 is 37.3. The minimum Gasteiger partial charge on any atom is -0.465 e. The molecule has 0 saturated carbocycles. The predicted molar refractivity (Wildman–Crippen MR) is 110 cm³/mol. The normalized spacial score (nSPS) is 23.7. The average Bonchev–Trinajstić information content (AvgIpc) is 2.75. The SMILES string of the molecule is COC(=O)c1cccc(O[C@@H]2O[C@H](COC(C)=O)[C@H](OC(C)=O)[C@H](OC(C)=O)[C@H]2OC(C)=O)c1. The minimum absolute atomic E-state index is 0.129. The maximum atomic E-state index is 11.9. The summed E-state index contributed by atoms with van der Waals surface area (Å²) in [5, 5.41) is 0. The molecule has 1 heterocycles. The molecule has 34 heavy (non-hydrogen) atoms. The first-order valence-corrected chi connectivity index (χ1v) is 10.2. The molecule has 0 bridgehead atoms. The number of hydrogen-bond acceptors (Lipinski definition) is 12. The van der Waals surface area contributed by atoms with Gasteiger partial charge in [-0.2, -0.15) is 0 Å². The van der Waals surface area contributed by atoms with E-state index < -0.39 is 60.6 Å². The quantitative estimate of drug-likeness (QED) is 0.383. The summed E-state index contributed by atoms with van der Waals surface area (Å²) in [6, 6.07) is 5.87. The molecule has 2 rings (SSSR count). The second-order valence-corrected chi connectivity index (χ2v) is 7.20. The van der Waals surface area contributed by atoms with Crippen molar-refractivity contribution in [2.75, 3.05) is 13.7 Å². The van der Waals surface area contributed by atoms with Gasteiger partial charge in [-0.1, -0.05) is 6.07 Å². The van der Waals surface area contributed by atoms with E-state index in [9.17, 15) is 24.0 Å². The zero-order valence-electron chi connectivity index (χ0n) is 19.3. The zero-order valence-corrected chi connectivity index (χ0v) is 19.3. The van der Waals surface area contributed by atoms with Gasteiger partial charge in [0.2, 0.25) is 12.4 Å². The molecule has 0 unspecified atom stereocenters. The molecular weight excluding hydrogens is 456 g/mol. The number of esters is 5. The Hall–Kier alpha value is -3.67. The van der Waals surface area contributed by atoms with Crippen molar-refractivity contribution in [2.24, 2.45) is 0 Å². The molecular formula is C22H26O12. The Morgan fingerprint density at radius 1 is 0.824 bits per heavy atom. The van der Waals surface area contributed by atoms with Gasteiger partial charge in [-0.05, 0) is 18.2 Å². The largest absolute Gasteiger partial charge is 0.465 e. The molecule has 1 aliphatic heterocycles. The lowest BCUT2D eigenvalue weighted by atomic mass is 9.98. The Labute approximate surface area is 195 Å². The lowest BCUT2D eigenvalue weighted by Crippen LogP contribution is -2.63. The van der Waals surface area contributed by atoms with Crippen molar-refractivity contribution in [3.63, 3.8) is 0 Å². The van der Waals surface area contributed by atoms with Crippen molar-refractivity contribution >= 4 is 29.8 Å². The summed E-state index contributed by atoms with van der Waals surface area (Å²) >= 11 is 0. The highest BCUT2D eigenvalue weighted by Gasteiger charge is 2.53. The fourth-order valence-electron chi connectivity index (χ4n) is 3.23. The van der Waals surface area contributed by atoms with E-state index in [1.54, 1.807) is 0 Å². The van der Waals surface area contributed by atoms with E-state index in [0.717, 1.165) is 20.8 Å². The highest BCUT2D eigenvalue weighted by Crippen LogP contribution is 2.31. The van der Waals surface area contributed by atoms with E-state index in [1.165, 1.54) is 38.3 Å². The number of carbonyl (C=O) groups is 5. The summed E-state index contributed by atoms with van der Waals surface area (Å²) in [4.78, 5) is 58.7. The van der Waals surface area contributed by atoms with Crippen LogP contribution in [0.5, 0.6) is 5.75 Å². The molecule has 1 aliphatic rings. The molecule has 0 amide bonds. The highest BCUT2D eigenvalue weighted by atomic mass is 16.7. The maximum Gasteiger partial charge on any atom is 0.337 e. The van der Waals surface area contributed by atoms with Crippen LogP contribution in [0.1, 0.15) is 38.1 Å². The van der Waals surface area contributed by atoms with Gasteiger partial charge in [0.1, 0.15) is 18.5 Å². The van der Waals surface area contributed by atoms with Crippen LogP contribution in [0.4, 0.5) is 0 Å². The Bertz CT molecular complexity index is 926. The summed E-state index contributed by atoms with van der Waals surface area (Å²) in [6.07, 6.45) is -6.62. The van der Waals surface area contributed by atoms with Crippen molar-refractivity contribution in [3.05, 3.63) is 29.8 Å². The molecule has 5 atom stereocenters. The number of rotatable bonds is 8. The molecule has 1 aromatic rings. The second-order valence-electron chi connectivity index (χ2n) is 7.20. The summed E-state index contributed by atoms with van der Waals surface area (Å²) in [5.41, 5.74) is 0.172. The van der Waals surface area contributed by atoms with Crippen LogP contribution in [-0.4, -0.2) is 74.3 Å². The number of methoxy groups -OCH3 is 1.